The predicted octanol–water partition coefficient (Wildman–Crippen LogP) is -0.0272. The van der Waals surface area contributed by atoms with E-state index in [0.717, 1.165) is 31.9 Å². The van der Waals surface area contributed by atoms with Crippen molar-refractivity contribution < 1.29 is 5.11 Å². The lowest BCUT2D eigenvalue weighted by Crippen LogP contribution is -2.21. The van der Waals surface area contributed by atoms with Crippen molar-refractivity contribution in [1.82, 2.24) is 24.2 Å². The number of imidazole rings is 1. The maximum Gasteiger partial charge on any atom is 0.0949 e. The molecule has 0 radical (unpaired) electrons. The molecule has 18 heavy (non-hydrogen) atoms. The third-order valence-electron chi connectivity index (χ3n) is 3.42. The van der Waals surface area contributed by atoms with Gasteiger partial charge in [0.05, 0.1) is 30.9 Å². The van der Waals surface area contributed by atoms with E-state index >= 15 is 0 Å². The second-order valence-electron chi connectivity index (χ2n) is 4.66. The molecule has 1 N–H and O–H groups in total. The minimum atomic E-state index is 0.207. The fraction of sp³-hybridized carbons (Fsp3) is 0.500. The summed E-state index contributed by atoms with van der Waals surface area (Å²) in [5, 5.41) is 13.6. The van der Waals surface area contributed by atoms with Gasteiger partial charge in [-0.05, 0) is 0 Å². The molecule has 0 saturated carbocycles. The van der Waals surface area contributed by atoms with Gasteiger partial charge in [0.15, 0.2) is 0 Å². The summed E-state index contributed by atoms with van der Waals surface area (Å²) in [7, 11) is 1.98. The Labute approximate surface area is 105 Å². The highest BCUT2D eigenvalue weighted by Gasteiger charge is 2.26. The maximum absolute atomic E-state index is 9.01. The standard InChI is InChI=1S/C12H17N5O/c1-15-12-8-16(4-5-18)6-10(12)11(14-15)7-17-3-2-13-9-17/h2-3,9,18H,4-8H2,1H3. The summed E-state index contributed by atoms with van der Waals surface area (Å²) < 4.78 is 3.98. The molecule has 2 aromatic heterocycles. The Morgan fingerprint density at radius 3 is 3.00 bits per heavy atom. The predicted molar refractivity (Wildman–Crippen MR) is 65.7 cm³/mol. The summed E-state index contributed by atoms with van der Waals surface area (Å²) in [6.07, 6.45) is 5.53. The van der Waals surface area contributed by atoms with Crippen LogP contribution >= 0.6 is 0 Å². The van der Waals surface area contributed by atoms with E-state index in [-0.39, 0.29) is 6.61 Å². The van der Waals surface area contributed by atoms with Crippen LogP contribution in [0.5, 0.6) is 0 Å². The van der Waals surface area contributed by atoms with Gasteiger partial charge in [0.1, 0.15) is 0 Å². The first-order valence-electron chi connectivity index (χ1n) is 6.10. The van der Waals surface area contributed by atoms with Crippen LogP contribution in [0, 0.1) is 0 Å². The van der Waals surface area contributed by atoms with Crippen LogP contribution in [0.2, 0.25) is 0 Å². The molecule has 96 valence electrons. The Morgan fingerprint density at radius 2 is 2.28 bits per heavy atom. The van der Waals surface area contributed by atoms with Crippen LogP contribution in [0.25, 0.3) is 0 Å². The minimum absolute atomic E-state index is 0.207. The molecule has 0 atom stereocenters. The molecule has 6 nitrogen and oxygen atoms in total. The van der Waals surface area contributed by atoms with Crippen LogP contribution in [0.1, 0.15) is 17.0 Å². The fourth-order valence-corrected chi connectivity index (χ4v) is 2.52. The molecule has 1 aliphatic rings. The Morgan fingerprint density at radius 1 is 1.39 bits per heavy atom. The third-order valence-corrected chi connectivity index (χ3v) is 3.42. The summed E-state index contributed by atoms with van der Waals surface area (Å²) in [5.74, 6) is 0. The van der Waals surface area contributed by atoms with E-state index in [1.54, 1.807) is 6.20 Å². The van der Waals surface area contributed by atoms with E-state index in [4.69, 9.17) is 5.11 Å². The number of rotatable bonds is 4. The molecule has 0 amide bonds. The van der Waals surface area contributed by atoms with Crippen molar-refractivity contribution >= 4 is 0 Å². The van der Waals surface area contributed by atoms with Gasteiger partial charge in [0, 0.05) is 44.6 Å². The number of nitrogens with zero attached hydrogens (tertiary/aromatic N) is 5. The van der Waals surface area contributed by atoms with Gasteiger partial charge in [0.25, 0.3) is 0 Å². The average molecular weight is 247 g/mol. The van der Waals surface area contributed by atoms with Gasteiger partial charge in [-0.1, -0.05) is 0 Å². The normalized spacial score (nSPS) is 15.2. The summed E-state index contributed by atoms with van der Waals surface area (Å²) in [6.45, 7) is 3.45. The molecule has 0 unspecified atom stereocenters. The highest BCUT2D eigenvalue weighted by Crippen LogP contribution is 2.25. The van der Waals surface area contributed by atoms with Crippen LogP contribution in [-0.2, 0) is 26.7 Å². The molecule has 0 aliphatic carbocycles. The zero-order valence-corrected chi connectivity index (χ0v) is 10.5. The lowest BCUT2D eigenvalue weighted by atomic mass is 10.2. The molecule has 0 spiro atoms. The van der Waals surface area contributed by atoms with Crippen LogP contribution in [0.3, 0.4) is 0 Å². The Kier molecular flexibility index (Phi) is 2.89. The smallest absolute Gasteiger partial charge is 0.0949 e. The minimum Gasteiger partial charge on any atom is -0.395 e. The molecule has 0 saturated heterocycles. The summed E-state index contributed by atoms with van der Waals surface area (Å²) in [6, 6.07) is 0. The largest absolute Gasteiger partial charge is 0.395 e. The number of aliphatic hydroxyl groups is 1. The highest BCUT2D eigenvalue weighted by atomic mass is 16.3. The SMILES string of the molecule is Cn1nc(Cn2ccnc2)c2c1CN(CCO)C2. The number of aryl methyl sites for hydroxylation is 1. The molecule has 3 rings (SSSR count). The third kappa shape index (κ3) is 1.93. The molecule has 6 heteroatoms. The van der Waals surface area contributed by atoms with Crippen molar-refractivity contribution in [2.24, 2.45) is 7.05 Å². The second-order valence-corrected chi connectivity index (χ2v) is 4.66. The Balaban J connectivity index is 1.84. The maximum atomic E-state index is 9.01. The van der Waals surface area contributed by atoms with Gasteiger partial charge in [-0.25, -0.2) is 4.98 Å². The first-order chi connectivity index (χ1) is 8.78. The number of aromatic nitrogens is 4. The zero-order chi connectivity index (χ0) is 12.5. The van der Waals surface area contributed by atoms with Gasteiger partial charge < -0.3 is 9.67 Å². The quantitative estimate of drug-likeness (QED) is 0.824. The summed E-state index contributed by atoms with van der Waals surface area (Å²) in [5.41, 5.74) is 3.67. The molecular formula is C12H17N5O. The number of β-amino-alcohol motifs (C(OH)–C–C–N with tert-alkyl or cyclic N) is 1. The van der Waals surface area contributed by atoms with Gasteiger partial charge in [-0.15, -0.1) is 0 Å². The molecular weight excluding hydrogens is 230 g/mol. The number of hydrogen-bond acceptors (Lipinski definition) is 4. The number of aliphatic hydroxyl groups excluding tert-OH is 1. The van der Waals surface area contributed by atoms with Crippen molar-refractivity contribution in [2.75, 3.05) is 13.2 Å². The summed E-state index contributed by atoms with van der Waals surface area (Å²) in [4.78, 5) is 6.29. The van der Waals surface area contributed by atoms with Crippen LogP contribution in [-0.4, -0.2) is 42.5 Å². The van der Waals surface area contributed by atoms with E-state index in [0.29, 0.717) is 0 Å². The van der Waals surface area contributed by atoms with E-state index in [1.807, 2.05) is 28.8 Å². The highest BCUT2D eigenvalue weighted by molar-refractivity contribution is 5.30. The van der Waals surface area contributed by atoms with Gasteiger partial charge >= 0.3 is 0 Å². The van der Waals surface area contributed by atoms with Crippen LogP contribution < -0.4 is 0 Å². The van der Waals surface area contributed by atoms with E-state index < -0.39 is 0 Å². The topological polar surface area (TPSA) is 59.1 Å². The lowest BCUT2D eigenvalue weighted by molar-refractivity contribution is 0.195. The number of hydrogen-bond donors (Lipinski definition) is 1. The van der Waals surface area contributed by atoms with Gasteiger partial charge in [-0.3, -0.25) is 9.58 Å². The van der Waals surface area contributed by atoms with Crippen LogP contribution in [0.4, 0.5) is 0 Å². The molecule has 0 fully saturated rings. The first-order valence-corrected chi connectivity index (χ1v) is 6.10. The molecule has 0 bridgehead atoms. The fourth-order valence-electron chi connectivity index (χ4n) is 2.52. The van der Waals surface area contributed by atoms with Gasteiger partial charge in [0.2, 0.25) is 0 Å². The molecule has 2 aromatic rings. The van der Waals surface area contributed by atoms with Crippen molar-refractivity contribution in [3.05, 3.63) is 35.7 Å². The Hall–Kier alpha value is -1.66. The molecule has 3 heterocycles. The van der Waals surface area contributed by atoms with Crippen molar-refractivity contribution in [2.45, 2.75) is 19.6 Å². The molecule has 0 aromatic carbocycles. The van der Waals surface area contributed by atoms with E-state index in [2.05, 4.69) is 15.0 Å². The average Bonchev–Trinajstić information content (AvgIpc) is 3.01. The van der Waals surface area contributed by atoms with E-state index in [1.165, 1.54) is 11.3 Å². The lowest BCUT2D eigenvalue weighted by Gasteiger charge is -2.13. The molecule has 1 aliphatic heterocycles. The van der Waals surface area contributed by atoms with E-state index in [9.17, 15) is 0 Å². The van der Waals surface area contributed by atoms with Crippen molar-refractivity contribution in [3.63, 3.8) is 0 Å². The van der Waals surface area contributed by atoms with Crippen molar-refractivity contribution in [1.29, 1.82) is 0 Å². The summed E-state index contributed by atoms with van der Waals surface area (Å²) >= 11 is 0. The zero-order valence-electron chi connectivity index (χ0n) is 10.5. The monoisotopic (exact) mass is 247 g/mol. The van der Waals surface area contributed by atoms with Crippen molar-refractivity contribution in [3.8, 4) is 0 Å². The van der Waals surface area contributed by atoms with Crippen LogP contribution in [0.15, 0.2) is 18.7 Å². The first kappa shape index (κ1) is 11.4. The van der Waals surface area contributed by atoms with Gasteiger partial charge in [-0.2, -0.15) is 5.10 Å². The number of fused-ring (bicyclic) bond motifs is 1. The second kappa shape index (κ2) is 4.55. The Bertz CT molecular complexity index is 531.